The molecule has 72 valence electrons. The lowest BCUT2D eigenvalue weighted by Gasteiger charge is -2.09. The fraction of sp³-hybridized carbons (Fsp3) is 0.455. The molecule has 0 bridgehead atoms. The predicted octanol–water partition coefficient (Wildman–Crippen LogP) is 2.83. The molecule has 0 radical (unpaired) electrons. The van der Waals surface area contributed by atoms with E-state index in [2.05, 4.69) is 25.1 Å². The van der Waals surface area contributed by atoms with E-state index in [1.54, 1.807) is 0 Å². The van der Waals surface area contributed by atoms with Gasteiger partial charge in [-0.25, -0.2) is 0 Å². The zero-order valence-corrected chi connectivity index (χ0v) is 9.01. The van der Waals surface area contributed by atoms with Crippen molar-refractivity contribution in [2.75, 3.05) is 20.6 Å². The van der Waals surface area contributed by atoms with Crippen LogP contribution in [0.15, 0.2) is 24.3 Å². The first-order valence-electron chi connectivity index (χ1n) is 4.58. The van der Waals surface area contributed by atoms with E-state index in [0.29, 0.717) is 0 Å². The molecule has 0 fully saturated rings. The molecule has 0 aromatic heterocycles. The molecule has 0 atom stereocenters. The van der Waals surface area contributed by atoms with Gasteiger partial charge >= 0.3 is 0 Å². The third kappa shape index (κ3) is 3.79. The minimum atomic E-state index is 0.890. The highest BCUT2D eigenvalue weighted by Gasteiger charge is 1.98. The average molecular weight is 198 g/mol. The SMILES string of the molecule is CN(C)CCCc1ccccc1Cl. The first-order valence-corrected chi connectivity index (χ1v) is 4.96. The lowest BCUT2D eigenvalue weighted by molar-refractivity contribution is 0.400. The Kier molecular flexibility index (Phi) is 4.26. The third-order valence-corrected chi connectivity index (χ3v) is 2.38. The molecule has 0 aliphatic carbocycles. The van der Waals surface area contributed by atoms with Gasteiger partial charge in [0, 0.05) is 5.02 Å². The molecule has 1 rings (SSSR count). The second-order valence-electron chi connectivity index (χ2n) is 3.50. The molecule has 1 aromatic carbocycles. The van der Waals surface area contributed by atoms with Gasteiger partial charge in [-0.05, 0) is 45.1 Å². The molecular weight excluding hydrogens is 182 g/mol. The van der Waals surface area contributed by atoms with Crippen LogP contribution in [-0.2, 0) is 6.42 Å². The summed E-state index contributed by atoms with van der Waals surface area (Å²) in [6.45, 7) is 1.12. The molecule has 0 aliphatic rings. The number of hydrogen-bond acceptors (Lipinski definition) is 1. The number of nitrogens with zero attached hydrogens (tertiary/aromatic N) is 1. The van der Waals surface area contributed by atoms with Crippen LogP contribution in [0.2, 0.25) is 5.02 Å². The first-order chi connectivity index (χ1) is 6.20. The van der Waals surface area contributed by atoms with Crippen molar-refractivity contribution in [2.45, 2.75) is 12.8 Å². The summed E-state index contributed by atoms with van der Waals surface area (Å²) in [6.07, 6.45) is 2.23. The zero-order valence-electron chi connectivity index (χ0n) is 8.26. The third-order valence-electron chi connectivity index (χ3n) is 2.01. The fourth-order valence-electron chi connectivity index (χ4n) is 1.29. The van der Waals surface area contributed by atoms with Gasteiger partial charge in [0.1, 0.15) is 0 Å². The molecule has 0 heterocycles. The van der Waals surface area contributed by atoms with Gasteiger partial charge in [-0.1, -0.05) is 29.8 Å². The summed E-state index contributed by atoms with van der Waals surface area (Å²) in [5, 5.41) is 0.890. The minimum Gasteiger partial charge on any atom is -0.309 e. The Balaban J connectivity index is 2.41. The van der Waals surface area contributed by atoms with E-state index in [1.165, 1.54) is 5.56 Å². The molecule has 1 aromatic rings. The largest absolute Gasteiger partial charge is 0.309 e. The highest BCUT2D eigenvalue weighted by molar-refractivity contribution is 6.31. The van der Waals surface area contributed by atoms with Crippen molar-refractivity contribution >= 4 is 11.6 Å². The van der Waals surface area contributed by atoms with Crippen molar-refractivity contribution in [1.29, 1.82) is 0 Å². The molecule has 2 heteroatoms. The Morgan fingerprint density at radius 1 is 1.23 bits per heavy atom. The minimum absolute atomic E-state index is 0.890. The standard InChI is InChI=1S/C11H16ClN/c1-13(2)9-5-7-10-6-3-4-8-11(10)12/h3-4,6,8H,5,7,9H2,1-2H3. The quantitative estimate of drug-likeness (QED) is 0.718. The van der Waals surface area contributed by atoms with Crippen LogP contribution in [0.25, 0.3) is 0 Å². The lowest BCUT2D eigenvalue weighted by Crippen LogP contribution is -2.13. The topological polar surface area (TPSA) is 3.24 Å². The highest BCUT2D eigenvalue weighted by Crippen LogP contribution is 2.16. The fourth-order valence-corrected chi connectivity index (χ4v) is 1.52. The van der Waals surface area contributed by atoms with Crippen LogP contribution < -0.4 is 0 Å². The van der Waals surface area contributed by atoms with Crippen molar-refractivity contribution in [2.24, 2.45) is 0 Å². The van der Waals surface area contributed by atoms with Crippen LogP contribution in [0.3, 0.4) is 0 Å². The van der Waals surface area contributed by atoms with Crippen LogP contribution in [-0.4, -0.2) is 25.5 Å². The summed E-state index contributed by atoms with van der Waals surface area (Å²) in [7, 11) is 4.18. The summed E-state index contributed by atoms with van der Waals surface area (Å²) >= 11 is 6.03. The van der Waals surface area contributed by atoms with Gasteiger partial charge in [0.05, 0.1) is 0 Å². The normalized spacial score (nSPS) is 10.8. The van der Waals surface area contributed by atoms with Crippen molar-refractivity contribution in [3.8, 4) is 0 Å². The Hall–Kier alpha value is -0.530. The second kappa shape index (κ2) is 5.25. The molecule has 0 saturated heterocycles. The summed E-state index contributed by atoms with van der Waals surface area (Å²) in [5.41, 5.74) is 1.26. The molecule has 13 heavy (non-hydrogen) atoms. The van der Waals surface area contributed by atoms with Crippen LogP contribution in [0.4, 0.5) is 0 Å². The summed E-state index contributed by atoms with van der Waals surface area (Å²) in [6, 6.07) is 8.05. The average Bonchev–Trinajstić information content (AvgIpc) is 2.08. The van der Waals surface area contributed by atoms with E-state index in [-0.39, 0.29) is 0 Å². The van der Waals surface area contributed by atoms with E-state index >= 15 is 0 Å². The zero-order chi connectivity index (χ0) is 9.68. The molecule has 0 aliphatic heterocycles. The molecule has 0 saturated carbocycles. The van der Waals surface area contributed by atoms with E-state index < -0.39 is 0 Å². The van der Waals surface area contributed by atoms with Gasteiger partial charge in [-0.15, -0.1) is 0 Å². The van der Waals surface area contributed by atoms with Crippen LogP contribution >= 0.6 is 11.6 Å². The maximum Gasteiger partial charge on any atom is 0.0437 e. The van der Waals surface area contributed by atoms with E-state index in [4.69, 9.17) is 11.6 Å². The van der Waals surface area contributed by atoms with Gasteiger partial charge < -0.3 is 4.90 Å². The Morgan fingerprint density at radius 2 is 1.92 bits per heavy atom. The highest BCUT2D eigenvalue weighted by atomic mass is 35.5. The summed E-state index contributed by atoms with van der Waals surface area (Å²) < 4.78 is 0. The van der Waals surface area contributed by atoms with Crippen molar-refractivity contribution in [3.05, 3.63) is 34.9 Å². The number of rotatable bonds is 4. The lowest BCUT2D eigenvalue weighted by atomic mass is 10.1. The van der Waals surface area contributed by atoms with Gasteiger partial charge in [0.2, 0.25) is 0 Å². The molecule has 0 N–H and O–H groups in total. The molecule has 0 spiro atoms. The molecule has 1 nitrogen and oxygen atoms in total. The Labute approximate surface area is 85.3 Å². The maximum absolute atomic E-state index is 6.03. The monoisotopic (exact) mass is 197 g/mol. The van der Waals surface area contributed by atoms with Crippen molar-refractivity contribution < 1.29 is 0 Å². The maximum atomic E-state index is 6.03. The van der Waals surface area contributed by atoms with Crippen LogP contribution in [0.1, 0.15) is 12.0 Å². The van der Waals surface area contributed by atoms with Crippen LogP contribution in [0.5, 0.6) is 0 Å². The van der Waals surface area contributed by atoms with E-state index in [1.807, 2.05) is 18.2 Å². The number of benzene rings is 1. The van der Waals surface area contributed by atoms with E-state index in [0.717, 1.165) is 24.4 Å². The van der Waals surface area contributed by atoms with Gasteiger partial charge in [-0.3, -0.25) is 0 Å². The number of aryl methyl sites for hydroxylation is 1. The van der Waals surface area contributed by atoms with Gasteiger partial charge in [0.25, 0.3) is 0 Å². The Bertz CT molecular complexity index is 258. The second-order valence-corrected chi connectivity index (χ2v) is 3.91. The predicted molar refractivity (Wildman–Crippen MR) is 58.3 cm³/mol. The molecular formula is C11H16ClN. The first kappa shape index (κ1) is 10.6. The molecule has 0 amide bonds. The van der Waals surface area contributed by atoms with Gasteiger partial charge in [0.15, 0.2) is 0 Å². The smallest absolute Gasteiger partial charge is 0.0437 e. The number of halogens is 1. The summed E-state index contributed by atoms with van der Waals surface area (Å²) in [5.74, 6) is 0. The van der Waals surface area contributed by atoms with Crippen molar-refractivity contribution in [3.63, 3.8) is 0 Å². The Morgan fingerprint density at radius 3 is 2.54 bits per heavy atom. The summed E-state index contributed by atoms with van der Waals surface area (Å²) in [4.78, 5) is 2.19. The van der Waals surface area contributed by atoms with Crippen molar-refractivity contribution in [1.82, 2.24) is 4.90 Å². The molecule has 0 unspecified atom stereocenters. The van der Waals surface area contributed by atoms with Gasteiger partial charge in [-0.2, -0.15) is 0 Å². The van der Waals surface area contributed by atoms with Crippen LogP contribution in [0, 0.1) is 0 Å². The van der Waals surface area contributed by atoms with E-state index in [9.17, 15) is 0 Å². The number of hydrogen-bond donors (Lipinski definition) is 0.